The fourth-order valence-electron chi connectivity index (χ4n) is 3.92. The number of rotatable bonds is 3. The number of benzene rings is 2. The Kier molecular flexibility index (Phi) is 4.71. The summed E-state index contributed by atoms with van der Waals surface area (Å²) in [5, 5.41) is 0.983. The standard InChI is InChI=1S/C22H20N4O3S/c27-19-8-9-20(28)26(19)16-5-3-4-15(14-16)21(29)24-10-12-25(13-11-24)22-23-17-6-1-2-7-18(17)30-22/h1-7,14H,8-13H2. The first-order chi connectivity index (χ1) is 14.6. The molecule has 2 aliphatic heterocycles. The third-order valence-electron chi connectivity index (χ3n) is 5.52. The second-order valence-electron chi connectivity index (χ2n) is 7.42. The number of hydrogen-bond donors (Lipinski definition) is 0. The lowest BCUT2D eigenvalue weighted by atomic mass is 10.1. The Bertz CT molecular complexity index is 1100. The van der Waals surface area contributed by atoms with Crippen LogP contribution < -0.4 is 9.80 Å². The third-order valence-corrected chi connectivity index (χ3v) is 6.62. The predicted octanol–water partition coefficient (Wildman–Crippen LogP) is 2.91. The van der Waals surface area contributed by atoms with E-state index in [0.29, 0.717) is 37.4 Å². The summed E-state index contributed by atoms with van der Waals surface area (Å²) >= 11 is 1.67. The molecule has 1 aromatic heterocycles. The maximum atomic E-state index is 13.0. The highest BCUT2D eigenvalue weighted by Crippen LogP contribution is 2.29. The lowest BCUT2D eigenvalue weighted by Gasteiger charge is -2.34. The highest BCUT2D eigenvalue weighted by molar-refractivity contribution is 7.22. The second kappa shape index (κ2) is 7.53. The lowest BCUT2D eigenvalue weighted by Crippen LogP contribution is -2.48. The van der Waals surface area contributed by atoms with Gasteiger partial charge in [0, 0.05) is 44.6 Å². The number of carbonyl (C=O) groups is 3. The molecule has 0 radical (unpaired) electrons. The van der Waals surface area contributed by atoms with Crippen LogP contribution in [0, 0.1) is 0 Å². The smallest absolute Gasteiger partial charge is 0.254 e. The molecule has 0 bridgehead atoms. The maximum absolute atomic E-state index is 13.0. The largest absolute Gasteiger partial charge is 0.345 e. The molecule has 0 atom stereocenters. The third kappa shape index (κ3) is 3.33. The number of piperazine rings is 1. The summed E-state index contributed by atoms with van der Waals surface area (Å²) in [6.45, 7) is 2.63. The van der Waals surface area contributed by atoms with Crippen molar-refractivity contribution in [2.24, 2.45) is 0 Å². The fraction of sp³-hybridized carbons (Fsp3) is 0.273. The van der Waals surface area contributed by atoms with Crippen molar-refractivity contribution in [3.8, 4) is 0 Å². The molecule has 2 fully saturated rings. The SMILES string of the molecule is O=C(c1cccc(N2C(=O)CCC2=O)c1)N1CCN(c2nc3ccccc3s2)CC1. The minimum Gasteiger partial charge on any atom is -0.345 e. The molecule has 3 aromatic rings. The monoisotopic (exact) mass is 420 g/mol. The normalized spacial score (nSPS) is 17.3. The van der Waals surface area contributed by atoms with Gasteiger partial charge >= 0.3 is 0 Å². The van der Waals surface area contributed by atoms with E-state index in [-0.39, 0.29) is 30.6 Å². The summed E-state index contributed by atoms with van der Waals surface area (Å²) in [5.41, 5.74) is 1.97. The summed E-state index contributed by atoms with van der Waals surface area (Å²) in [7, 11) is 0. The zero-order valence-electron chi connectivity index (χ0n) is 16.3. The Hall–Kier alpha value is -3.26. The molecule has 5 rings (SSSR count). The van der Waals surface area contributed by atoms with E-state index in [9.17, 15) is 14.4 Å². The highest BCUT2D eigenvalue weighted by atomic mass is 32.1. The van der Waals surface area contributed by atoms with Gasteiger partial charge in [-0.05, 0) is 30.3 Å². The molecule has 0 spiro atoms. The van der Waals surface area contributed by atoms with E-state index >= 15 is 0 Å². The van der Waals surface area contributed by atoms with Gasteiger partial charge in [-0.1, -0.05) is 29.5 Å². The van der Waals surface area contributed by atoms with Crippen LogP contribution in [0.4, 0.5) is 10.8 Å². The lowest BCUT2D eigenvalue weighted by molar-refractivity contribution is -0.121. The van der Waals surface area contributed by atoms with E-state index in [1.165, 1.54) is 4.90 Å². The molecule has 0 N–H and O–H groups in total. The van der Waals surface area contributed by atoms with Gasteiger partial charge in [0.2, 0.25) is 11.8 Å². The topological polar surface area (TPSA) is 73.8 Å². The molecule has 0 unspecified atom stereocenters. The summed E-state index contributed by atoms with van der Waals surface area (Å²) in [6.07, 6.45) is 0.454. The van der Waals surface area contributed by atoms with E-state index in [4.69, 9.17) is 4.98 Å². The first kappa shape index (κ1) is 18.7. The Labute approximate surface area is 177 Å². The van der Waals surface area contributed by atoms with Crippen molar-refractivity contribution in [2.75, 3.05) is 36.0 Å². The van der Waals surface area contributed by atoms with Crippen molar-refractivity contribution in [3.05, 3.63) is 54.1 Å². The number of nitrogens with zero attached hydrogens (tertiary/aromatic N) is 4. The minimum absolute atomic E-state index is 0.0834. The number of amides is 3. The first-order valence-electron chi connectivity index (χ1n) is 9.96. The Morgan fingerprint density at radius 2 is 1.63 bits per heavy atom. The predicted molar refractivity (Wildman–Crippen MR) is 116 cm³/mol. The molecule has 3 heterocycles. The molecule has 2 aliphatic rings. The van der Waals surface area contributed by atoms with Crippen molar-refractivity contribution >= 4 is 50.1 Å². The maximum Gasteiger partial charge on any atom is 0.254 e. The number of anilines is 2. The van der Waals surface area contributed by atoms with Crippen LogP contribution in [0.1, 0.15) is 23.2 Å². The Balaban J connectivity index is 1.28. The van der Waals surface area contributed by atoms with Crippen LogP contribution >= 0.6 is 11.3 Å². The molecular weight excluding hydrogens is 400 g/mol. The van der Waals surface area contributed by atoms with Gasteiger partial charge in [0.25, 0.3) is 5.91 Å². The van der Waals surface area contributed by atoms with E-state index in [0.717, 1.165) is 15.3 Å². The van der Waals surface area contributed by atoms with Crippen LogP contribution in [-0.4, -0.2) is 53.8 Å². The number of para-hydroxylation sites is 1. The molecule has 2 saturated heterocycles. The van der Waals surface area contributed by atoms with Crippen LogP contribution in [0.3, 0.4) is 0 Å². The van der Waals surface area contributed by atoms with E-state index in [2.05, 4.69) is 11.0 Å². The van der Waals surface area contributed by atoms with Crippen molar-refractivity contribution < 1.29 is 14.4 Å². The van der Waals surface area contributed by atoms with Gasteiger partial charge in [-0.15, -0.1) is 0 Å². The van der Waals surface area contributed by atoms with Crippen molar-refractivity contribution in [2.45, 2.75) is 12.8 Å². The minimum atomic E-state index is -0.214. The van der Waals surface area contributed by atoms with Gasteiger partial charge in [0.05, 0.1) is 15.9 Å². The van der Waals surface area contributed by atoms with Gasteiger partial charge in [-0.25, -0.2) is 4.98 Å². The number of carbonyl (C=O) groups excluding carboxylic acids is 3. The highest BCUT2D eigenvalue weighted by Gasteiger charge is 2.31. The van der Waals surface area contributed by atoms with Crippen LogP contribution in [0.2, 0.25) is 0 Å². The number of aromatic nitrogens is 1. The summed E-state index contributed by atoms with van der Waals surface area (Å²) in [5.74, 6) is -0.511. The Morgan fingerprint density at radius 1 is 0.900 bits per heavy atom. The number of imide groups is 1. The fourth-order valence-corrected chi connectivity index (χ4v) is 4.94. The Morgan fingerprint density at radius 3 is 2.37 bits per heavy atom. The van der Waals surface area contributed by atoms with Crippen molar-refractivity contribution in [1.29, 1.82) is 0 Å². The molecule has 30 heavy (non-hydrogen) atoms. The molecule has 0 aliphatic carbocycles. The summed E-state index contributed by atoms with van der Waals surface area (Å²) in [6, 6.07) is 14.9. The van der Waals surface area contributed by atoms with E-state index in [1.807, 2.05) is 23.1 Å². The van der Waals surface area contributed by atoms with Crippen LogP contribution in [-0.2, 0) is 9.59 Å². The van der Waals surface area contributed by atoms with Crippen molar-refractivity contribution in [3.63, 3.8) is 0 Å². The van der Waals surface area contributed by atoms with Crippen LogP contribution in [0.25, 0.3) is 10.2 Å². The summed E-state index contributed by atoms with van der Waals surface area (Å²) < 4.78 is 1.16. The van der Waals surface area contributed by atoms with E-state index in [1.54, 1.807) is 35.6 Å². The molecule has 8 heteroatoms. The summed E-state index contributed by atoms with van der Waals surface area (Å²) in [4.78, 5) is 46.9. The molecule has 152 valence electrons. The zero-order chi connectivity index (χ0) is 20.7. The van der Waals surface area contributed by atoms with Gasteiger partial charge in [-0.3, -0.25) is 19.3 Å². The molecular formula is C22H20N4O3S. The molecule has 7 nitrogen and oxygen atoms in total. The van der Waals surface area contributed by atoms with Crippen molar-refractivity contribution in [1.82, 2.24) is 9.88 Å². The molecule has 2 aromatic carbocycles. The van der Waals surface area contributed by atoms with E-state index < -0.39 is 0 Å². The van der Waals surface area contributed by atoms with Gasteiger partial charge in [0.1, 0.15) is 0 Å². The zero-order valence-corrected chi connectivity index (χ0v) is 17.1. The number of fused-ring (bicyclic) bond motifs is 1. The quantitative estimate of drug-likeness (QED) is 0.609. The first-order valence-corrected chi connectivity index (χ1v) is 10.8. The van der Waals surface area contributed by atoms with Gasteiger partial charge < -0.3 is 9.80 Å². The second-order valence-corrected chi connectivity index (χ2v) is 8.43. The average molecular weight is 420 g/mol. The number of thiazole rings is 1. The number of hydrogen-bond acceptors (Lipinski definition) is 6. The molecule has 0 saturated carbocycles. The van der Waals surface area contributed by atoms with Gasteiger partial charge in [0.15, 0.2) is 5.13 Å². The van der Waals surface area contributed by atoms with Crippen LogP contribution in [0.5, 0.6) is 0 Å². The van der Waals surface area contributed by atoms with Gasteiger partial charge in [-0.2, -0.15) is 0 Å². The van der Waals surface area contributed by atoms with Crippen LogP contribution in [0.15, 0.2) is 48.5 Å². The average Bonchev–Trinajstić information content (AvgIpc) is 3.36. The molecule has 3 amide bonds.